The minimum Gasteiger partial charge on any atom is -0.442 e. The van der Waals surface area contributed by atoms with Crippen molar-refractivity contribution >= 4 is 51.6 Å². The van der Waals surface area contributed by atoms with Gasteiger partial charge in [-0.15, -0.1) is 0 Å². The Hall–Kier alpha value is -3.59. The van der Waals surface area contributed by atoms with Crippen LogP contribution in [0.5, 0.6) is 0 Å². The number of carbonyl (C=O) groups excluding carboxylic acids is 2. The Bertz CT molecular complexity index is 1280. The molecule has 2 fully saturated rings. The SMILES string of the molecule is CC(=O)NC[C@H]1CN(c2ccc(N3CCN(c4ccnc5cc(Cl)ccc45)CC3)c(F)c2)C(=O)O1. The summed E-state index contributed by atoms with van der Waals surface area (Å²) in [5, 5.41) is 4.32. The molecule has 0 radical (unpaired) electrons. The zero-order valence-electron chi connectivity index (χ0n) is 19.2. The van der Waals surface area contributed by atoms with Crippen molar-refractivity contribution in [3.05, 3.63) is 59.5 Å². The summed E-state index contributed by atoms with van der Waals surface area (Å²) < 4.78 is 20.4. The Morgan fingerprint density at radius 1 is 1.11 bits per heavy atom. The van der Waals surface area contributed by atoms with Crippen LogP contribution >= 0.6 is 11.6 Å². The first-order valence-corrected chi connectivity index (χ1v) is 11.8. The third-order valence-electron chi connectivity index (χ3n) is 6.34. The zero-order chi connectivity index (χ0) is 24.5. The van der Waals surface area contributed by atoms with Crippen LogP contribution in [0.3, 0.4) is 0 Å². The van der Waals surface area contributed by atoms with Crippen molar-refractivity contribution in [1.82, 2.24) is 10.3 Å². The van der Waals surface area contributed by atoms with Gasteiger partial charge in [0.15, 0.2) is 0 Å². The molecule has 2 amide bonds. The highest BCUT2D eigenvalue weighted by Crippen LogP contribution is 2.31. The molecule has 0 unspecified atom stereocenters. The number of fused-ring (bicyclic) bond motifs is 1. The van der Waals surface area contributed by atoms with E-state index in [1.807, 2.05) is 29.2 Å². The maximum Gasteiger partial charge on any atom is 0.414 e. The minimum atomic E-state index is -0.549. The molecule has 35 heavy (non-hydrogen) atoms. The molecule has 10 heteroatoms. The summed E-state index contributed by atoms with van der Waals surface area (Å²) in [4.78, 5) is 33.4. The molecule has 0 spiro atoms. The summed E-state index contributed by atoms with van der Waals surface area (Å²) in [5.41, 5.74) is 2.87. The van der Waals surface area contributed by atoms with E-state index >= 15 is 4.39 Å². The van der Waals surface area contributed by atoms with Crippen LogP contribution < -0.4 is 20.0 Å². The summed E-state index contributed by atoms with van der Waals surface area (Å²) in [6.45, 7) is 4.64. The molecule has 1 atom stereocenters. The highest BCUT2D eigenvalue weighted by Gasteiger charge is 2.33. The van der Waals surface area contributed by atoms with Crippen molar-refractivity contribution < 1.29 is 18.7 Å². The number of carbonyl (C=O) groups is 2. The zero-order valence-corrected chi connectivity index (χ0v) is 20.0. The Kier molecular flexibility index (Phi) is 6.34. The second-order valence-electron chi connectivity index (χ2n) is 8.65. The van der Waals surface area contributed by atoms with Gasteiger partial charge in [-0.1, -0.05) is 11.6 Å². The summed E-state index contributed by atoms with van der Waals surface area (Å²) in [7, 11) is 0. The smallest absolute Gasteiger partial charge is 0.414 e. The van der Waals surface area contributed by atoms with Gasteiger partial charge in [0, 0.05) is 55.4 Å². The highest BCUT2D eigenvalue weighted by molar-refractivity contribution is 6.31. The first-order valence-electron chi connectivity index (χ1n) is 11.5. The Labute approximate surface area is 207 Å². The summed E-state index contributed by atoms with van der Waals surface area (Å²) >= 11 is 6.11. The molecule has 1 N–H and O–H groups in total. The third-order valence-corrected chi connectivity index (χ3v) is 6.57. The predicted molar refractivity (Wildman–Crippen MR) is 134 cm³/mol. The number of anilines is 3. The number of hydrogen-bond donors (Lipinski definition) is 1. The number of aromatic nitrogens is 1. The Morgan fingerprint density at radius 2 is 1.86 bits per heavy atom. The van der Waals surface area contributed by atoms with Gasteiger partial charge in [0.1, 0.15) is 11.9 Å². The lowest BCUT2D eigenvalue weighted by Gasteiger charge is -2.38. The van der Waals surface area contributed by atoms with Gasteiger partial charge in [0.25, 0.3) is 0 Å². The molecule has 3 aromatic rings. The molecular formula is C25H25ClFN5O3. The number of amides is 2. The van der Waals surface area contributed by atoms with Crippen molar-refractivity contribution in [3.63, 3.8) is 0 Å². The molecule has 8 nitrogen and oxygen atoms in total. The molecule has 3 heterocycles. The molecule has 2 saturated heterocycles. The fraction of sp³-hybridized carbons (Fsp3) is 0.320. The van der Waals surface area contributed by atoms with Crippen LogP contribution in [0.15, 0.2) is 48.7 Å². The van der Waals surface area contributed by atoms with Gasteiger partial charge in [-0.05, 0) is 42.5 Å². The van der Waals surface area contributed by atoms with E-state index in [1.54, 1.807) is 18.3 Å². The highest BCUT2D eigenvalue weighted by atomic mass is 35.5. The van der Waals surface area contributed by atoms with Crippen molar-refractivity contribution in [1.29, 1.82) is 0 Å². The first kappa shape index (κ1) is 23.2. The van der Waals surface area contributed by atoms with Crippen LogP contribution in [-0.4, -0.2) is 62.4 Å². The van der Waals surface area contributed by atoms with Crippen molar-refractivity contribution in [2.45, 2.75) is 13.0 Å². The third kappa shape index (κ3) is 4.81. The van der Waals surface area contributed by atoms with E-state index in [1.165, 1.54) is 17.9 Å². The lowest BCUT2D eigenvalue weighted by molar-refractivity contribution is -0.119. The van der Waals surface area contributed by atoms with Crippen LogP contribution in [0.1, 0.15) is 6.92 Å². The van der Waals surface area contributed by atoms with Gasteiger partial charge < -0.3 is 19.9 Å². The summed E-state index contributed by atoms with van der Waals surface area (Å²) in [6, 6.07) is 12.5. The molecule has 0 aliphatic carbocycles. The molecule has 2 aliphatic rings. The fourth-order valence-electron chi connectivity index (χ4n) is 4.59. The van der Waals surface area contributed by atoms with Gasteiger partial charge in [0.2, 0.25) is 5.91 Å². The van der Waals surface area contributed by atoms with Crippen LogP contribution in [-0.2, 0) is 9.53 Å². The maximum atomic E-state index is 15.1. The van der Waals surface area contributed by atoms with E-state index in [-0.39, 0.29) is 19.0 Å². The summed E-state index contributed by atoms with van der Waals surface area (Å²) in [5.74, 6) is -0.588. The van der Waals surface area contributed by atoms with Crippen molar-refractivity contribution in [2.24, 2.45) is 0 Å². The van der Waals surface area contributed by atoms with E-state index < -0.39 is 18.0 Å². The van der Waals surface area contributed by atoms with Crippen LogP contribution in [0.2, 0.25) is 5.02 Å². The topological polar surface area (TPSA) is 78.0 Å². The number of halogens is 2. The van der Waals surface area contributed by atoms with Gasteiger partial charge in [-0.25, -0.2) is 9.18 Å². The number of hydrogen-bond acceptors (Lipinski definition) is 6. The molecule has 0 bridgehead atoms. The second kappa shape index (κ2) is 9.58. The van der Waals surface area contributed by atoms with E-state index in [0.29, 0.717) is 29.5 Å². The monoisotopic (exact) mass is 497 g/mol. The van der Waals surface area contributed by atoms with E-state index in [4.69, 9.17) is 16.3 Å². The number of benzene rings is 2. The van der Waals surface area contributed by atoms with Gasteiger partial charge in [-0.2, -0.15) is 0 Å². The number of rotatable bonds is 5. The Morgan fingerprint density at radius 3 is 2.57 bits per heavy atom. The molecule has 2 aromatic carbocycles. The Balaban J connectivity index is 1.25. The van der Waals surface area contributed by atoms with Gasteiger partial charge >= 0.3 is 6.09 Å². The molecular weight excluding hydrogens is 473 g/mol. The lowest BCUT2D eigenvalue weighted by Crippen LogP contribution is -2.47. The van der Waals surface area contributed by atoms with Gasteiger partial charge in [0.05, 0.1) is 30.0 Å². The number of nitrogens with zero attached hydrogens (tertiary/aromatic N) is 4. The molecule has 1 aromatic heterocycles. The van der Waals surface area contributed by atoms with E-state index in [0.717, 1.165) is 29.7 Å². The van der Waals surface area contributed by atoms with Gasteiger partial charge in [-0.3, -0.25) is 14.7 Å². The average Bonchev–Trinajstić information content (AvgIpc) is 3.22. The van der Waals surface area contributed by atoms with Crippen LogP contribution in [0.4, 0.5) is 26.2 Å². The lowest BCUT2D eigenvalue weighted by atomic mass is 10.1. The predicted octanol–water partition coefficient (Wildman–Crippen LogP) is 3.82. The molecule has 182 valence electrons. The number of nitrogens with one attached hydrogen (secondary N) is 1. The fourth-order valence-corrected chi connectivity index (χ4v) is 4.75. The van der Waals surface area contributed by atoms with E-state index in [9.17, 15) is 9.59 Å². The van der Waals surface area contributed by atoms with Crippen molar-refractivity contribution in [3.8, 4) is 0 Å². The van der Waals surface area contributed by atoms with E-state index in [2.05, 4.69) is 15.2 Å². The quantitative estimate of drug-likeness (QED) is 0.577. The number of piperazine rings is 1. The number of cyclic esters (lactones) is 1. The second-order valence-corrected chi connectivity index (χ2v) is 9.09. The molecule has 0 saturated carbocycles. The number of pyridine rings is 1. The van der Waals surface area contributed by atoms with Crippen LogP contribution in [0, 0.1) is 5.82 Å². The molecule has 5 rings (SSSR count). The minimum absolute atomic E-state index is 0.198. The standard InChI is InChI=1S/C25H25ClFN5O3/c1-16(33)29-14-19-15-32(25(34)35-19)18-3-5-24(21(27)13-18)31-10-8-30(9-11-31)23-6-7-28-22-12-17(26)2-4-20(22)23/h2-7,12-13,19H,8-11,14-15H2,1H3,(H,29,33)/t19-/m0/s1. The largest absolute Gasteiger partial charge is 0.442 e. The first-order chi connectivity index (χ1) is 16.9. The summed E-state index contributed by atoms with van der Waals surface area (Å²) in [6.07, 6.45) is 0.762. The average molecular weight is 498 g/mol. The normalized spacial score (nSPS) is 18.2. The molecule has 2 aliphatic heterocycles. The number of ether oxygens (including phenoxy) is 1. The van der Waals surface area contributed by atoms with Crippen molar-refractivity contribution in [2.75, 3.05) is 54.0 Å². The maximum absolute atomic E-state index is 15.1. The van der Waals surface area contributed by atoms with Crippen LogP contribution in [0.25, 0.3) is 10.9 Å².